The van der Waals surface area contributed by atoms with Crippen LogP contribution in [-0.2, 0) is 19.1 Å². The molecular weight excluding hydrogens is 408 g/mol. The molecule has 1 heterocycles. The highest BCUT2D eigenvalue weighted by molar-refractivity contribution is 6.07. The topological polar surface area (TPSA) is 101 Å². The summed E-state index contributed by atoms with van der Waals surface area (Å²) in [5.74, 6) is -3.11. The molecule has 6 heteroatoms. The number of ketones is 2. The number of ether oxygens (including phenoxy) is 1. The van der Waals surface area contributed by atoms with Gasteiger partial charge >= 0.3 is 5.97 Å². The van der Waals surface area contributed by atoms with Crippen molar-refractivity contribution in [1.29, 1.82) is 0 Å². The van der Waals surface area contributed by atoms with Crippen LogP contribution in [0.3, 0.4) is 0 Å². The van der Waals surface area contributed by atoms with Crippen LogP contribution in [-0.4, -0.2) is 45.1 Å². The fourth-order valence-electron chi connectivity index (χ4n) is 6.62. The van der Waals surface area contributed by atoms with E-state index in [1.165, 1.54) is 12.2 Å². The highest BCUT2D eigenvalue weighted by atomic mass is 16.5. The van der Waals surface area contributed by atoms with Gasteiger partial charge in [-0.3, -0.25) is 9.59 Å². The lowest BCUT2D eigenvalue weighted by atomic mass is 9.47. The minimum absolute atomic E-state index is 0.0674. The largest absolute Gasteiger partial charge is 0.455 e. The van der Waals surface area contributed by atoms with Gasteiger partial charge in [-0.25, -0.2) is 4.79 Å². The number of carbonyl (C=O) groups excluding carboxylic acids is 3. The minimum Gasteiger partial charge on any atom is -0.455 e. The van der Waals surface area contributed by atoms with Crippen LogP contribution in [0.15, 0.2) is 23.3 Å². The van der Waals surface area contributed by atoms with Crippen LogP contribution in [0.5, 0.6) is 0 Å². The van der Waals surface area contributed by atoms with E-state index in [9.17, 15) is 24.6 Å². The summed E-state index contributed by atoms with van der Waals surface area (Å²) in [5, 5.41) is 24.1. The Labute approximate surface area is 191 Å². The van der Waals surface area contributed by atoms with Crippen LogP contribution >= 0.6 is 0 Å². The second kappa shape index (κ2) is 8.21. The van der Waals surface area contributed by atoms with Crippen LogP contribution in [0.2, 0.25) is 0 Å². The molecule has 3 aliphatic rings. The smallest absolute Gasteiger partial charge is 0.331 e. The second-order valence-electron chi connectivity index (χ2n) is 11.0. The van der Waals surface area contributed by atoms with Gasteiger partial charge in [-0.05, 0) is 75.4 Å². The molecule has 6 nitrogen and oxygen atoms in total. The molecule has 178 valence electrons. The summed E-state index contributed by atoms with van der Waals surface area (Å²) in [6, 6.07) is 0. The molecule has 0 amide bonds. The average Bonchev–Trinajstić information content (AvgIpc) is 3.20. The number of esters is 1. The summed E-state index contributed by atoms with van der Waals surface area (Å²) >= 11 is 0. The van der Waals surface area contributed by atoms with Gasteiger partial charge in [-0.2, -0.15) is 0 Å². The van der Waals surface area contributed by atoms with E-state index >= 15 is 0 Å². The van der Waals surface area contributed by atoms with E-state index < -0.39 is 58.0 Å². The van der Waals surface area contributed by atoms with Crippen molar-refractivity contribution in [2.75, 3.05) is 0 Å². The van der Waals surface area contributed by atoms with Gasteiger partial charge in [-0.1, -0.05) is 33.3 Å². The molecule has 3 rings (SSSR count). The Bertz CT molecular complexity index is 883. The molecule has 2 fully saturated rings. The lowest BCUT2D eigenvalue weighted by Crippen LogP contribution is -2.77. The fourth-order valence-corrected chi connectivity index (χ4v) is 6.62. The van der Waals surface area contributed by atoms with Crippen molar-refractivity contribution < 1.29 is 29.3 Å². The van der Waals surface area contributed by atoms with E-state index in [1.807, 2.05) is 20.8 Å². The van der Waals surface area contributed by atoms with Gasteiger partial charge in [0.2, 0.25) is 0 Å². The van der Waals surface area contributed by atoms with Gasteiger partial charge in [0.25, 0.3) is 0 Å². The summed E-state index contributed by atoms with van der Waals surface area (Å²) in [4.78, 5) is 39.0. The zero-order valence-electron chi connectivity index (χ0n) is 20.4. The average molecular weight is 447 g/mol. The van der Waals surface area contributed by atoms with Crippen molar-refractivity contribution >= 4 is 17.5 Å². The maximum absolute atomic E-state index is 14.0. The Balaban J connectivity index is 2.04. The van der Waals surface area contributed by atoms with Crippen molar-refractivity contribution in [2.45, 2.75) is 91.5 Å². The second-order valence-corrected chi connectivity index (χ2v) is 11.0. The number of fused-ring (bicyclic) bond motifs is 1. The van der Waals surface area contributed by atoms with Crippen molar-refractivity contribution in [1.82, 2.24) is 0 Å². The molecule has 0 aromatic rings. The van der Waals surface area contributed by atoms with Gasteiger partial charge < -0.3 is 14.9 Å². The summed E-state index contributed by atoms with van der Waals surface area (Å²) in [7, 11) is 0. The number of allylic oxidation sites excluding steroid dienone is 1. The molecule has 2 aliphatic carbocycles. The van der Waals surface area contributed by atoms with E-state index in [0.717, 1.165) is 18.4 Å². The van der Waals surface area contributed by atoms with E-state index in [4.69, 9.17) is 4.74 Å². The van der Waals surface area contributed by atoms with Crippen LogP contribution in [0.1, 0.15) is 74.1 Å². The SMILES string of the molecule is CC(C)=CC(=O)[C@@]1(O)[C@@H](C)[C@]2(C)CC[C@H](C)[C@H]2C(=O)[C@]1(O)[C@H](C)CC[C@@H]1OC(=O)C=C1C. The first-order valence-corrected chi connectivity index (χ1v) is 11.8. The van der Waals surface area contributed by atoms with Crippen molar-refractivity contribution in [3.8, 4) is 0 Å². The normalized spacial score (nSPS) is 42.2. The first kappa shape index (κ1) is 24.8. The fraction of sp³-hybridized carbons (Fsp3) is 0.731. The van der Waals surface area contributed by atoms with E-state index in [2.05, 4.69) is 0 Å². The first-order chi connectivity index (χ1) is 14.7. The third-order valence-corrected chi connectivity index (χ3v) is 8.76. The molecule has 2 N–H and O–H groups in total. The van der Waals surface area contributed by atoms with E-state index in [-0.39, 0.29) is 5.92 Å². The van der Waals surface area contributed by atoms with Crippen molar-refractivity contribution in [3.05, 3.63) is 23.3 Å². The highest BCUT2D eigenvalue weighted by Gasteiger charge is 2.74. The Morgan fingerprint density at radius 3 is 2.44 bits per heavy atom. The number of cyclic esters (lactones) is 1. The zero-order chi connectivity index (χ0) is 24.2. The van der Waals surface area contributed by atoms with E-state index in [1.54, 1.807) is 27.7 Å². The molecule has 0 bridgehead atoms. The minimum atomic E-state index is -2.23. The molecule has 0 saturated heterocycles. The molecule has 2 saturated carbocycles. The summed E-state index contributed by atoms with van der Waals surface area (Å²) in [6.07, 6.45) is 4.64. The Morgan fingerprint density at radius 2 is 1.91 bits per heavy atom. The lowest BCUT2D eigenvalue weighted by molar-refractivity contribution is -0.237. The molecule has 8 atom stereocenters. The molecule has 0 aromatic carbocycles. The van der Waals surface area contributed by atoms with Crippen molar-refractivity contribution in [3.63, 3.8) is 0 Å². The summed E-state index contributed by atoms with van der Waals surface area (Å²) in [5.41, 5.74) is -3.52. The Hall–Kier alpha value is -1.79. The third kappa shape index (κ3) is 3.41. The Kier molecular flexibility index (Phi) is 6.37. The molecule has 0 aromatic heterocycles. The maximum Gasteiger partial charge on any atom is 0.331 e. The quantitative estimate of drug-likeness (QED) is 0.478. The molecule has 32 heavy (non-hydrogen) atoms. The third-order valence-electron chi connectivity index (χ3n) is 8.76. The molecular formula is C26H38O6. The number of rotatable bonds is 6. The van der Waals surface area contributed by atoms with Gasteiger partial charge in [0.15, 0.2) is 22.8 Å². The number of aliphatic hydroxyl groups is 2. The summed E-state index contributed by atoms with van der Waals surface area (Å²) in [6.45, 7) is 12.8. The van der Waals surface area contributed by atoms with E-state index in [0.29, 0.717) is 18.4 Å². The molecule has 0 spiro atoms. The van der Waals surface area contributed by atoms with Gasteiger partial charge in [0, 0.05) is 17.9 Å². The maximum atomic E-state index is 14.0. The highest BCUT2D eigenvalue weighted by Crippen LogP contribution is 2.62. The number of hydrogen-bond acceptors (Lipinski definition) is 6. The molecule has 1 aliphatic heterocycles. The number of carbonyl (C=O) groups is 3. The predicted molar refractivity (Wildman–Crippen MR) is 121 cm³/mol. The summed E-state index contributed by atoms with van der Waals surface area (Å²) < 4.78 is 5.31. The molecule has 0 radical (unpaired) electrons. The lowest BCUT2D eigenvalue weighted by Gasteiger charge is -2.59. The van der Waals surface area contributed by atoms with Gasteiger partial charge in [-0.15, -0.1) is 0 Å². The zero-order valence-corrected chi connectivity index (χ0v) is 20.4. The van der Waals surface area contributed by atoms with Gasteiger partial charge in [0.1, 0.15) is 6.10 Å². The molecule has 0 unspecified atom stereocenters. The predicted octanol–water partition coefficient (Wildman–Crippen LogP) is 3.54. The van der Waals surface area contributed by atoms with Crippen LogP contribution in [0.4, 0.5) is 0 Å². The van der Waals surface area contributed by atoms with Crippen molar-refractivity contribution in [2.24, 2.45) is 29.1 Å². The standard InChI is InChI=1S/C26H38O6/c1-14(2)12-20(27)26(31)18(6)24(7)11-10-15(3)22(24)23(29)25(26,30)17(5)8-9-19-16(4)13-21(28)32-19/h12-13,15,17-19,22,30-31H,8-11H2,1-7H3/t15-,17+,18-,19-,22-,24-,25+,26-/m0/s1. The number of Topliss-reactive ketones (excluding diaryl/α,β-unsaturated/α-hetero) is 1. The first-order valence-electron chi connectivity index (χ1n) is 11.8. The van der Waals surface area contributed by atoms with Crippen LogP contribution in [0.25, 0.3) is 0 Å². The van der Waals surface area contributed by atoms with Gasteiger partial charge in [0.05, 0.1) is 0 Å². The van der Waals surface area contributed by atoms with Crippen LogP contribution < -0.4 is 0 Å². The monoisotopic (exact) mass is 446 g/mol. The van der Waals surface area contributed by atoms with Crippen LogP contribution in [0, 0.1) is 29.1 Å². The Morgan fingerprint density at radius 1 is 1.28 bits per heavy atom. The number of hydrogen-bond donors (Lipinski definition) is 2.